The number of halogens is 1. The second-order valence-corrected chi connectivity index (χ2v) is 5.59. The fraction of sp³-hybridized carbons (Fsp3) is 0.0455. The van der Waals surface area contributed by atoms with Crippen molar-refractivity contribution in [3.05, 3.63) is 103 Å². The Balaban J connectivity index is 1.97. The van der Waals surface area contributed by atoms with Gasteiger partial charge in [0.1, 0.15) is 23.6 Å². The van der Waals surface area contributed by atoms with Crippen LogP contribution in [0.4, 0.5) is 4.39 Å². The molecule has 0 spiro atoms. The molecule has 0 heterocycles. The highest BCUT2D eigenvalue weighted by Crippen LogP contribution is 2.23. The fourth-order valence-corrected chi connectivity index (χ4v) is 2.18. The standard InChI is InChI=1S/C22H20FNO2/c1-16(5-4-14-25)15-17(2)24-18(3)19-6-10-21(11-7-19)26-22-12-8-20(23)9-13-22/h4-15,24H,2-3H2,1H3/b5-4+,16-15+. The molecule has 0 radical (unpaired) electrons. The van der Waals surface area contributed by atoms with Crippen molar-refractivity contribution in [2.24, 2.45) is 0 Å². The summed E-state index contributed by atoms with van der Waals surface area (Å²) in [5, 5.41) is 3.11. The number of hydrogen-bond acceptors (Lipinski definition) is 3. The lowest BCUT2D eigenvalue weighted by molar-refractivity contribution is -0.104. The molecule has 0 saturated carbocycles. The summed E-state index contributed by atoms with van der Waals surface area (Å²) in [6.07, 6.45) is 5.66. The van der Waals surface area contributed by atoms with Crippen molar-refractivity contribution in [1.29, 1.82) is 0 Å². The van der Waals surface area contributed by atoms with E-state index in [1.807, 2.05) is 37.3 Å². The van der Waals surface area contributed by atoms with Crippen LogP contribution in [0.3, 0.4) is 0 Å². The van der Waals surface area contributed by atoms with Crippen molar-refractivity contribution in [3.63, 3.8) is 0 Å². The van der Waals surface area contributed by atoms with Crippen LogP contribution in [-0.2, 0) is 4.79 Å². The van der Waals surface area contributed by atoms with Crippen LogP contribution < -0.4 is 10.1 Å². The van der Waals surface area contributed by atoms with E-state index in [4.69, 9.17) is 4.74 Å². The molecule has 0 unspecified atom stereocenters. The van der Waals surface area contributed by atoms with Crippen LogP contribution in [0, 0.1) is 5.82 Å². The highest BCUT2D eigenvalue weighted by atomic mass is 19.1. The molecule has 26 heavy (non-hydrogen) atoms. The Hall–Kier alpha value is -3.40. The number of carbonyl (C=O) groups excluding carboxylic acids is 1. The number of nitrogens with one attached hydrogen (secondary N) is 1. The summed E-state index contributed by atoms with van der Waals surface area (Å²) in [7, 11) is 0. The van der Waals surface area contributed by atoms with Gasteiger partial charge >= 0.3 is 0 Å². The zero-order valence-corrected chi connectivity index (χ0v) is 14.5. The van der Waals surface area contributed by atoms with Gasteiger partial charge in [-0.3, -0.25) is 4.79 Å². The first kappa shape index (κ1) is 18.9. The number of rotatable bonds is 8. The quantitative estimate of drug-likeness (QED) is 0.394. The molecule has 0 amide bonds. The van der Waals surface area contributed by atoms with E-state index in [9.17, 15) is 9.18 Å². The average Bonchev–Trinajstić information content (AvgIpc) is 2.62. The third kappa shape index (κ3) is 5.91. The molecule has 132 valence electrons. The maximum atomic E-state index is 12.9. The number of ether oxygens (including phenoxy) is 1. The minimum Gasteiger partial charge on any atom is -0.457 e. The minimum absolute atomic E-state index is 0.304. The molecule has 0 aromatic heterocycles. The molecule has 0 aliphatic heterocycles. The summed E-state index contributed by atoms with van der Waals surface area (Å²) in [6.45, 7) is 9.79. The van der Waals surface area contributed by atoms with Gasteiger partial charge in [0.05, 0.1) is 0 Å². The van der Waals surface area contributed by atoms with Gasteiger partial charge in [-0.2, -0.15) is 0 Å². The molecular formula is C22H20FNO2. The number of hydrogen-bond donors (Lipinski definition) is 1. The number of aldehydes is 1. The second kappa shape index (κ2) is 9.18. The Labute approximate surface area is 152 Å². The predicted octanol–water partition coefficient (Wildman–Crippen LogP) is 5.39. The minimum atomic E-state index is -0.304. The van der Waals surface area contributed by atoms with Gasteiger partial charge in [0, 0.05) is 11.4 Å². The number of allylic oxidation sites excluding steroid dienone is 4. The molecule has 0 fully saturated rings. The van der Waals surface area contributed by atoms with Crippen molar-refractivity contribution in [3.8, 4) is 11.5 Å². The summed E-state index contributed by atoms with van der Waals surface area (Å²) >= 11 is 0. The van der Waals surface area contributed by atoms with Crippen molar-refractivity contribution in [2.45, 2.75) is 6.92 Å². The Kier molecular flexibility index (Phi) is 6.68. The third-order valence-corrected chi connectivity index (χ3v) is 3.40. The summed E-state index contributed by atoms with van der Waals surface area (Å²) in [4.78, 5) is 10.3. The lowest BCUT2D eigenvalue weighted by Gasteiger charge is -2.11. The topological polar surface area (TPSA) is 38.3 Å². The van der Waals surface area contributed by atoms with Gasteiger partial charge in [-0.15, -0.1) is 0 Å². The molecule has 2 rings (SSSR count). The summed E-state index contributed by atoms with van der Waals surface area (Å²) in [5.74, 6) is 0.899. The fourth-order valence-electron chi connectivity index (χ4n) is 2.18. The zero-order valence-electron chi connectivity index (χ0n) is 14.5. The number of benzene rings is 2. The molecule has 2 aromatic carbocycles. The summed E-state index contributed by atoms with van der Waals surface area (Å²) in [5.41, 5.74) is 3.12. The largest absolute Gasteiger partial charge is 0.457 e. The zero-order chi connectivity index (χ0) is 18.9. The molecular weight excluding hydrogens is 329 g/mol. The van der Waals surface area contributed by atoms with Crippen molar-refractivity contribution in [2.75, 3.05) is 0 Å². The van der Waals surface area contributed by atoms with E-state index in [0.29, 0.717) is 22.9 Å². The van der Waals surface area contributed by atoms with E-state index in [-0.39, 0.29) is 5.82 Å². The predicted molar refractivity (Wildman–Crippen MR) is 103 cm³/mol. The van der Waals surface area contributed by atoms with Crippen molar-refractivity contribution < 1.29 is 13.9 Å². The van der Waals surface area contributed by atoms with Crippen LogP contribution in [0.25, 0.3) is 5.70 Å². The first-order valence-corrected chi connectivity index (χ1v) is 7.97. The Morgan fingerprint density at radius 2 is 1.62 bits per heavy atom. The second-order valence-electron chi connectivity index (χ2n) is 5.59. The van der Waals surface area contributed by atoms with Gasteiger partial charge in [-0.05, 0) is 78.7 Å². The van der Waals surface area contributed by atoms with E-state index in [2.05, 4.69) is 18.5 Å². The van der Waals surface area contributed by atoms with E-state index < -0.39 is 0 Å². The van der Waals surface area contributed by atoms with E-state index >= 15 is 0 Å². The average molecular weight is 349 g/mol. The molecule has 0 atom stereocenters. The molecule has 0 bridgehead atoms. The van der Waals surface area contributed by atoms with Crippen molar-refractivity contribution in [1.82, 2.24) is 5.32 Å². The Morgan fingerprint density at radius 1 is 1.04 bits per heavy atom. The van der Waals surface area contributed by atoms with Gasteiger partial charge in [0.25, 0.3) is 0 Å². The highest BCUT2D eigenvalue weighted by Gasteiger charge is 2.02. The van der Waals surface area contributed by atoms with Crippen LogP contribution >= 0.6 is 0 Å². The van der Waals surface area contributed by atoms with Crippen LogP contribution in [0.2, 0.25) is 0 Å². The van der Waals surface area contributed by atoms with E-state index in [0.717, 1.165) is 17.4 Å². The number of carbonyl (C=O) groups is 1. The van der Waals surface area contributed by atoms with Crippen molar-refractivity contribution >= 4 is 12.0 Å². The summed E-state index contributed by atoms with van der Waals surface area (Å²) < 4.78 is 18.6. The summed E-state index contributed by atoms with van der Waals surface area (Å²) in [6, 6.07) is 13.2. The SMILES string of the molecule is C=C(/C=C(C)/C=C/C=O)NC(=C)c1ccc(Oc2ccc(F)cc2)cc1. The first-order valence-electron chi connectivity index (χ1n) is 7.97. The van der Waals surface area contributed by atoms with Crippen LogP contribution in [0.5, 0.6) is 11.5 Å². The van der Waals surface area contributed by atoms with Gasteiger partial charge in [-0.25, -0.2) is 4.39 Å². The van der Waals surface area contributed by atoms with Gasteiger partial charge in [0.15, 0.2) is 0 Å². The highest BCUT2D eigenvalue weighted by molar-refractivity contribution is 5.66. The van der Waals surface area contributed by atoms with Crippen LogP contribution in [0.15, 0.2) is 91.2 Å². The van der Waals surface area contributed by atoms with Gasteiger partial charge in [0.2, 0.25) is 0 Å². The maximum absolute atomic E-state index is 12.9. The molecule has 4 heteroatoms. The van der Waals surface area contributed by atoms with E-state index in [1.54, 1.807) is 18.2 Å². The first-order chi connectivity index (χ1) is 12.5. The smallest absolute Gasteiger partial charge is 0.142 e. The molecule has 0 aliphatic rings. The molecule has 1 N–H and O–H groups in total. The third-order valence-electron chi connectivity index (χ3n) is 3.40. The molecule has 0 aliphatic carbocycles. The van der Waals surface area contributed by atoms with Crippen LogP contribution in [-0.4, -0.2) is 6.29 Å². The van der Waals surface area contributed by atoms with Gasteiger partial charge in [-0.1, -0.05) is 19.2 Å². The Bertz CT molecular complexity index is 847. The van der Waals surface area contributed by atoms with Crippen LogP contribution in [0.1, 0.15) is 12.5 Å². The lowest BCUT2D eigenvalue weighted by atomic mass is 10.1. The maximum Gasteiger partial charge on any atom is 0.142 e. The van der Waals surface area contributed by atoms with Gasteiger partial charge < -0.3 is 10.1 Å². The normalized spacial score (nSPS) is 11.2. The molecule has 3 nitrogen and oxygen atoms in total. The van der Waals surface area contributed by atoms with E-state index in [1.165, 1.54) is 18.2 Å². The lowest BCUT2D eigenvalue weighted by Crippen LogP contribution is -2.08. The Morgan fingerprint density at radius 3 is 2.19 bits per heavy atom. The molecule has 2 aromatic rings. The molecule has 0 saturated heterocycles. The monoisotopic (exact) mass is 349 g/mol.